The van der Waals surface area contributed by atoms with Crippen molar-refractivity contribution >= 4 is 21.6 Å². The van der Waals surface area contributed by atoms with Gasteiger partial charge >= 0.3 is 0 Å². The lowest BCUT2D eigenvalue weighted by Crippen LogP contribution is -2.30. The highest BCUT2D eigenvalue weighted by Crippen LogP contribution is 2.39. The van der Waals surface area contributed by atoms with E-state index in [-0.39, 0.29) is 16.8 Å². The molecule has 0 radical (unpaired) electrons. The number of sulfonamides is 1. The third-order valence-corrected chi connectivity index (χ3v) is 7.21. The Bertz CT molecular complexity index is 1280. The maximum Gasteiger partial charge on any atom is 0.261 e. The molecule has 0 spiro atoms. The van der Waals surface area contributed by atoms with Gasteiger partial charge < -0.3 is 14.4 Å². The molecule has 7 nitrogen and oxygen atoms in total. The van der Waals surface area contributed by atoms with Gasteiger partial charge in [0, 0.05) is 23.4 Å². The van der Waals surface area contributed by atoms with Crippen LogP contribution in [-0.4, -0.2) is 40.0 Å². The number of amides is 1. The molecule has 0 saturated carbocycles. The number of hydrogen-bond donors (Lipinski definition) is 1. The van der Waals surface area contributed by atoms with E-state index in [2.05, 4.69) is 4.72 Å². The summed E-state index contributed by atoms with van der Waals surface area (Å²) in [6.07, 6.45) is 1.65. The fourth-order valence-electron chi connectivity index (χ4n) is 4.11. The second kappa shape index (κ2) is 9.72. The number of nitrogens with zero attached hydrogens (tertiary/aromatic N) is 1. The lowest BCUT2D eigenvalue weighted by Gasteiger charge is -2.27. The zero-order chi connectivity index (χ0) is 24.3. The largest absolute Gasteiger partial charge is 0.497 e. The Balaban J connectivity index is 1.53. The second-order valence-electron chi connectivity index (χ2n) is 7.90. The van der Waals surface area contributed by atoms with Gasteiger partial charge in [0.1, 0.15) is 17.3 Å². The average molecular weight is 485 g/mol. The molecule has 3 aromatic rings. The molecular formula is C25H25FN2O5S. The maximum absolute atomic E-state index is 13.3. The fraction of sp³-hybridized carbons (Fsp3) is 0.240. The molecular weight excluding hydrogens is 459 g/mol. The summed E-state index contributed by atoms with van der Waals surface area (Å²) in [5.74, 6) is 0.706. The zero-order valence-electron chi connectivity index (χ0n) is 18.8. The highest BCUT2D eigenvalue weighted by molar-refractivity contribution is 7.92. The fourth-order valence-corrected chi connectivity index (χ4v) is 5.17. The van der Waals surface area contributed by atoms with Crippen molar-refractivity contribution in [1.82, 2.24) is 4.90 Å². The van der Waals surface area contributed by atoms with Crippen LogP contribution in [0.1, 0.15) is 34.8 Å². The Hall–Kier alpha value is -3.59. The number of anilines is 1. The normalized spacial score (nSPS) is 15.7. The van der Waals surface area contributed by atoms with Crippen molar-refractivity contribution in [3.05, 3.63) is 83.7 Å². The first-order chi connectivity index (χ1) is 16.3. The predicted octanol–water partition coefficient (Wildman–Crippen LogP) is 4.62. The molecule has 1 N–H and O–H groups in total. The number of benzene rings is 3. The molecule has 178 valence electrons. The number of likely N-dealkylation sites (tertiary alicyclic amines) is 1. The lowest BCUT2D eigenvalue weighted by atomic mass is 10.0. The molecule has 1 aliphatic heterocycles. The van der Waals surface area contributed by atoms with Gasteiger partial charge in [0.15, 0.2) is 0 Å². The number of rotatable bonds is 7. The molecule has 0 bridgehead atoms. The van der Waals surface area contributed by atoms with Gasteiger partial charge in [-0.1, -0.05) is 0 Å². The van der Waals surface area contributed by atoms with Gasteiger partial charge in [-0.2, -0.15) is 0 Å². The van der Waals surface area contributed by atoms with Crippen molar-refractivity contribution in [2.45, 2.75) is 23.8 Å². The molecule has 1 atom stereocenters. The van der Waals surface area contributed by atoms with E-state index in [9.17, 15) is 17.6 Å². The Morgan fingerprint density at radius 3 is 2.35 bits per heavy atom. The van der Waals surface area contributed by atoms with Crippen LogP contribution in [0.5, 0.6) is 11.5 Å². The summed E-state index contributed by atoms with van der Waals surface area (Å²) in [6, 6.07) is 16.2. The van der Waals surface area contributed by atoms with Crippen molar-refractivity contribution in [3.63, 3.8) is 0 Å². The zero-order valence-corrected chi connectivity index (χ0v) is 19.6. The molecule has 1 saturated heterocycles. The molecule has 4 rings (SSSR count). The van der Waals surface area contributed by atoms with Crippen LogP contribution in [-0.2, 0) is 10.0 Å². The second-order valence-corrected chi connectivity index (χ2v) is 9.58. The van der Waals surface area contributed by atoms with Crippen molar-refractivity contribution < 1.29 is 27.1 Å². The van der Waals surface area contributed by atoms with Crippen LogP contribution in [0.15, 0.2) is 71.6 Å². The summed E-state index contributed by atoms with van der Waals surface area (Å²) in [5, 5.41) is 0. The highest BCUT2D eigenvalue weighted by atomic mass is 32.2. The van der Waals surface area contributed by atoms with Crippen molar-refractivity contribution in [1.29, 1.82) is 0 Å². The van der Waals surface area contributed by atoms with Gasteiger partial charge in [0.25, 0.3) is 15.9 Å². The van der Waals surface area contributed by atoms with E-state index in [1.165, 1.54) is 24.3 Å². The van der Waals surface area contributed by atoms with Gasteiger partial charge in [-0.3, -0.25) is 9.52 Å². The van der Waals surface area contributed by atoms with Gasteiger partial charge in [0.2, 0.25) is 0 Å². The van der Waals surface area contributed by atoms with Gasteiger partial charge in [-0.15, -0.1) is 0 Å². The van der Waals surface area contributed by atoms with Crippen molar-refractivity contribution in [2.75, 3.05) is 25.5 Å². The van der Waals surface area contributed by atoms with Crippen molar-refractivity contribution in [2.24, 2.45) is 0 Å². The minimum atomic E-state index is -3.88. The Morgan fingerprint density at radius 2 is 1.71 bits per heavy atom. The standard InChI is InChI=1S/C25H25FN2O5S/c1-32-20-11-14-24(33-2)22(16-20)23-4-3-15-28(23)25(29)17-5-9-19(10-6-17)27-34(30,31)21-12-7-18(26)8-13-21/h5-14,16,23,27H,3-4,15H2,1-2H3. The highest BCUT2D eigenvalue weighted by Gasteiger charge is 2.32. The topological polar surface area (TPSA) is 84.9 Å². The Morgan fingerprint density at radius 1 is 1.00 bits per heavy atom. The number of halogens is 1. The van der Waals surface area contributed by atoms with E-state index < -0.39 is 15.8 Å². The SMILES string of the molecule is COc1ccc(OC)c(C2CCCN2C(=O)c2ccc(NS(=O)(=O)c3ccc(F)cc3)cc2)c1. The number of carbonyl (C=O) groups excluding carboxylic acids is 1. The molecule has 1 fully saturated rings. The first-order valence-electron chi connectivity index (χ1n) is 10.7. The van der Waals surface area contributed by atoms with E-state index >= 15 is 0 Å². The lowest BCUT2D eigenvalue weighted by molar-refractivity contribution is 0.0734. The first kappa shape index (κ1) is 23.6. The number of ether oxygens (including phenoxy) is 2. The molecule has 1 unspecified atom stereocenters. The third-order valence-electron chi connectivity index (χ3n) is 5.82. The van der Waals surface area contributed by atoms with Crippen LogP contribution in [0.2, 0.25) is 0 Å². The molecule has 1 aliphatic rings. The molecule has 3 aromatic carbocycles. The summed E-state index contributed by atoms with van der Waals surface area (Å²) < 4.78 is 51.5. The van der Waals surface area contributed by atoms with Crippen LogP contribution in [0.25, 0.3) is 0 Å². The van der Waals surface area contributed by atoms with Gasteiger partial charge in [-0.05, 0) is 79.6 Å². The third kappa shape index (κ3) is 4.84. The average Bonchev–Trinajstić information content (AvgIpc) is 3.33. The first-order valence-corrected chi connectivity index (χ1v) is 12.2. The van der Waals surface area contributed by atoms with E-state index in [0.717, 1.165) is 30.5 Å². The Labute approximate surface area is 198 Å². The van der Waals surface area contributed by atoms with Gasteiger partial charge in [0.05, 0.1) is 25.2 Å². The van der Waals surface area contributed by atoms with E-state index in [1.807, 2.05) is 18.2 Å². The molecule has 1 amide bonds. The smallest absolute Gasteiger partial charge is 0.261 e. The van der Waals surface area contributed by atoms with Crippen LogP contribution in [0.3, 0.4) is 0 Å². The summed E-state index contributed by atoms with van der Waals surface area (Å²) >= 11 is 0. The van der Waals surface area contributed by atoms with Gasteiger partial charge in [-0.25, -0.2) is 12.8 Å². The van der Waals surface area contributed by atoms with Crippen LogP contribution in [0, 0.1) is 5.82 Å². The number of carbonyl (C=O) groups is 1. The number of hydrogen-bond acceptors (Lipinski definition) is 5. The molecule has 1 heterocycles. The molecule has 9 heteroatoms. The molecule has 0 aromatic heterocycles. The summed E-state index contributed by atoms with van der Waals surface area (Å²) in [4.78, 5) is 15.1. The maximum atomic E-state index is 13.3. The van der Waals surface area contributed by atoms with E-state index in [0.29, 0.717) is 29.3 Å². The van der Waals surface area contributed by atoms with E-state index in [4.69, 9.17) is 9.47 Å². The quantitative estimate of drug-likeness (QED) is 0.529. The van der Waals surface area contributed by atoms with Crippen molar-refractivity contribution in [3.8, 4) is 11.5 Å². The van der Waals surface area contributed by atoms with Crippen LogP contribution >= 0.6 is 0 Å². The predicted molar refractivity (Wildman–Crippen MR) is 126 cm³/mol. The minimum Gasteiger partial charge on any atom is -0.497 e. The number of methoxy groups -OCH3 is 2. The number of nitrogens with one attached hydrogen (secondary N) is 1. The summed E-state index contributed by atoms with van der Waals surface area (Å²) in [5.41, 5.74) is 1.63. The van der Waals surface area contributed by atoms with E-state index in [1.54, 1.807) is 31.3 Å². The summed E-state index contributed by atoms with van der Waals surface area (Å²) in [6.45, 7) is 0.600. The monoisotopic (exact) mass is 484 g/mol. The van der Waals surface area contributed by atoms with Crippen LogP contribution < -0.4 is 14.2 Å². The molecule has 0 aliphatic carbocycles. The van der Waals surface area contributed by atoms with Crippen LogP contribution in [0.4, 0.5) is 10.1 Å². The Kier molecular flexibility index (Phi) is 6.74. The summed E-state index contributed by atoms with van der Waals surface area (Å²) in [7, 11) is -0.688. The minimum absolute atomic E-state index is 0.0544. The molecule has 34 heavy (non-hydrogen) atoms.